The van der Waals surface area contributed by atoms with Crippen LogP contribution >= 0.6 is 0 Å². The van der Waals surface area contributed by atoms with Gasteiger partial charge in [0.1, 0.15) is 13.2 Å². The minimum atomic E-state index is -4.56. The number of nitrogens with zero attached hydrogens (tertiary/aromatic N) is 4. The molecule has 2 saturated heterocycles. The second kappa shape index (κ2) is 15.4. The molecule has 2 aromatic carbocycles. The van der Waals surface area contributed by atoms with Gasteiger partial charge < -0.3 is 38.3 Å². The highest BCUT2D eigenvalue weighted by Crippen LogP contribution is 2.44. The van der Waals surface area contributed by atoms with E-state index in [4.69, 9.17) is 23.8 Å². The zero-order valence-electron chi connectivity index (χ0n) is 33.0. The van der Waals surface area contributed by atoms with Gasteiger partial charge in [0.25, 0.3) is 0 Å². The largest absolute Gasteiger partial charge is 0.494 e. The maximum Gasteiger partial charge on any atom is 0.494 e. The fraction of sp³-hybridized carbons (Fsp3) is 0.512. The van der Waals surface area contributed by atoms with Crippen molar-refractivity contribution in [3.05, 3.63) is 77.6 Å². The molecule has 2 aliphatic rings. The topological polar surface area (TPSA) is 98.5 Å². The summed E-state index contributed by atoms with van der Waals surface area (Å²) >= 11 is 0. The average Bonchev–Trinajstić information content (AvgIpc) is 3.55. The van der Waals surface area contributed by atoms with Gasteiger partial charge >= 0.3 is 19.4 Å². The number of methoxy groups -OCH3 is 1. The first-order chi connectivity index (χ1) is 25.8. The van der Waals surface area contributed by atoms with Crippen LogP contribution in [0, 0.1) is 5.41 Å². The summed E-state index contributed by atoms with van der Waals surface area (Å²) in [6, 6.07) is 16.6. The van der Waals surface area contributed by atoms with Gasteiger partial charge in [0.15, 0.2) is 0 Å². The van der Waals surface area contributed by atoms with Gasteiger partial charge in [0.05, 0.1) is 40.6 Å². The molecule has 2 aromatic heterocycles. The highest BCUT2D eigenvalue weighted by Gasteiger charge is 2.52. The van der Waals surface area contributed by atoms with Crippen molar-refractivity contribution in [1.29, 1.82) is 0 Å². The van der Waals surface area contributed by atoms with Gasteiger partial charge in [0, 0.05) is 56.4 Å². The summed E-state index contributed by atoms with van der Waals surface area (Å²) in [4.78, 5) is 21.5. The fourth-order valence-corrected chi connectivity index (χ4v) is 7.12. The summed E-state index contributed by atoms with van der Waals surface area (Å²) in [5.74, 6) is 0. The van der Waals surface area contributed by atoms with Gasteiger partial charge in [-0.3, -0.25) is 4.98 Å². The molecule has 296 valence electrons. The molecular weight excluding hydrogens is 712 g/mol. The Balaban J connectivity index is 1.47. The molecule has 0 aliphatic carbocycles. The Kier molecular flexibility index (Phi) is 11.4. The van der Waals surface area contributed by atoms with Gasteiger partial charge in [-0.25, -0.2) is 4.79 Å². The number of fused-ring (bicyclic) bond motifs is 1. The van der Waals surface area contributed by atoms with Crippen molar-refractivity contribution in [2.24, 2.45) is 5.41 Å². The third-order valence-electron chi connectivity index (χ3n) is 11.2. The Hall–Kier alpha value is -4.11. The molecule has 14 heteroatoms. The van der Waals surface area contributed by atoms with E-state index >= 15 is 0 Å². The summed E-state index contributed by atoms with van der Waals surface area (Å²) in [7, 11) is 0.826. The van der Waals surface area contributed by atoms with Crippen LogP contribution in [0.25, 0.3) is 22.2 Å². The highest BCUT2D eigenvalue weighted by molar-refractivity contribution is 6.62. The molecule has 55 heavy (non-hydrogen) atoms. The van der Waals surface area contributed by atoms with Gasteiger partial charge in [0.2, 0.25) is 0 Å². The smallest absolute Gasteiger partial charge is 0.445 e. The van der Waals surface area contributed by atoms with Crippen LogP contribution in [0.15, 0.2) is 60.8 Å². The number of carbonyl (C=O) groups excluding carboxylic acids is 1. The monoisotopic (exact) mass is 764 g/mol. The predicted molar refractivity (Wildman–Crippen MR) is 207 cm³/mol. The van der Waals surface area contributed by atoms with Crippen molar-refractivity contribution in [2.75, 3.05) is 44.8 Å². The Morgan fingerprint density at radius 3 is 2.25 bits per heavy atom. The molecule has 0 radical (unpaired) electrons. The SMILES string of the molecule is CO[C@@H](C)c1cc(-c2c(CC(C)(C)CO)c3cc(B4OC(C)(C)C(C)(C)O4)ccc3n2CC(F)(F)F)c(N2CCN(C(=O)OCc3ccccc3)CC2)cn1. The maximum atomic E-state index is 14.7. The van der Waals surface area contributed by atoms with E-state index < -0.39 is 48.7 Å². The number of ether oxygens (including phenoxy) is 2. The highest BCUT2D eigenvalue weighted by atomic mass is 19.4. The third-order valence-corrected chi connectivity index (χ3v) is 11.2. The van der Waals surface area contributed by atoms with Crippen LogP contribution in [0.1, 0.15) is 71.4 Å². The van der Waals surface area contributed by atoms with Crippen molar-refractivity contribution in [3.8, 4) is 11.3 Å². The molecule has 6 rings (SSSR count). The Morgan fingerprint density at radius 1 is 1.00 bits per heavy atom. The van der Waals surface area contributed by atoms with Crippen LogP contribution in [-0.2, 0) is 38.4 Å². The lowest BCUT2D eigenvalue weighted by atomic mass is 9.77. The Bertz CT molecular complexity index is 1980. The zero-order valence-corrected chi connectivity index (χ0v) is 33.0. The maximum absolute atomic E-state index is 14.7. The first-order valence-corrected chi connectivity index (χ1v) is 18.7. The molecule has 2 aliphatic heterocycles. The van der Waals surface area contributed by atoms with E-state index in [-0.39, 0.29) is 19.6 Å². The summed E-state index contributed by atoms with van der Waals surface area (Å²) in [5.41, 5.74) is 2.81. The van der Waals surface area contributed by atoms with Gasteiger partial charge in [-0.2, -0.15) is 13.2 Å². The van der Waals surface area contributed by atoms with E-state index in [1.807, 2.05) is 90.9 Å². The normalized spacial score (nSPS) is 17.9. The summed E-state index contributed by atoms with van der Waals surface area (Å²) < 4.78 is 69.3. The number of aliphatic hydroxyl groups is 1. The van der Waals surface area contributed by atoms with Crippen LogP contribution in [0.3, 0.4) is 0 Å². The van der Waals surface area contributed by atoms with E-state index in [1.54, 1.807) is 30.3 Å². The van der Waals surface area contributed by atoms with E-state index in [0.29, 0.717) is 70.7 Å². The number of aromatic nitrogens is 2. The quantitative estimate of drug-likeness (QED) is 0.159. The van der Waals surface area contributed by atoms with Crippen molar-refractivity contribution >= 4 is 35.3 Å². The number of alkyl halides is 3. The molecule has 0 unspecified atom stereocenters. The standard InChI is InChI=1S/C41H52BF3N4O6/c1-27(52-8)33-21-31(35(23-46-33)47-16-18-48(19-17-47)37(51)53-24-28-12-10-9-11-13-28)36-32(22-38(2,3)26-50)30-20-29(42-54-39(4,5)40(6,7)55-42)14-15-34(30)49(36)25-41(43,44)45/h9-15,20-21,23,27,50H,16-19,22,24-26H2,1-8H3/t27-/m0/s1. The molecule has 10 nitrogen and oxygen atoms in total. The number of carbonyl (C=O) groups is 1. The number of piperazine rings is 1. The van der Waals surface area contributed by atoms with Crippen LogP contribution < -0.4 is 10.4 Å². The Labute approximate surface area is 321 Å². The third kappa shape index (κ3) is 8.67. The first-order valence-electron chi connectivity index (χ1n) is 18.7. The van der Waals surface area contributed by atoms with Crippen molar-refractivity contribution < 1.29 is 41.9 Å². The number of anilines is 1. The second-order valence-electron chi connectivity index (χ2n) is 16.4. The molecule has 1 atom stereocenters. The van der Waals surface area contributed by atoms with Gasteiger partial charge in [-0.1, -0.05) is 56.3 Å². The molecule has 1 amide bonds. The molecule has 2 fully saturated rings. The van der Waals surface area contributed by atoms with Crippen LogP contribution in [0.4, 0.5) is 23.7 Å². The minimum Gasteiger partial charge on any atom is -0.445 e. The van der Waals surface area contributed by atoms with Gasteiger partial charge in [-0.15, -0.1) is 0 Å². The fourth-order valence-electron chi connectivity index (χ4n) is 7.12. The van der Waals surface area contributed by atoms with Gasteiger partial charge in [-0.05, 0) is 75.2 Å². The Morgan fingerprint density at radius 2 is 1.65 bits per heavy atom. The first kappa shape index (κ1) is 40.6. The lowest BCUT2D eigenvalue weighted by Gasteiger charge is -2.36. The average molecular weight is 765 g/mol. The molecule has 1 N–H and O–H groups in total. The molecule has 0 spiro atoms. The number of hydrogen-bond donors (Lipinski definition) is 1. The minimum absolute atomic E-state index is 0.153. The lowest BCUT2D eigenvalue weighted by molar-refractivity contribution is -0.139. The van der Waals surface area contributed by atoms with Crippen LogP contribution in [0.5, 0.6) is 0 Å². The van der Waals surface area contributed by atoms with E-state index in [0.717, 1.165) is 5.56 Å². The van der Waals surface area contributed by atoms with Crippen LogP contribution in [-0.4, -0.2) is 90.0 Å². The molecule has 4 heterocycles. The number of amides is 1. The molecular formula is C41H52BF3N4O6. The number of benzene rings is 2. The van der Waals surface area contributed by atoms with Crippen molar-refractivity contribution in [2.45, 2.75) is 91.5 Å². The number of pyridine rings is 1. The van der Waals surface area contributed by atoms with Crippen molar-refractivity contribution in [3.63, 3.8) is 0 Å². The van der Waals surface area contributed by atoms with E-state index in [2.05, 4.69) is 4.90 Å². The second-order valence-corrected chi connectivity index (χ2v) is 16.4. The molecule has 0 saturated carbocycles. The lowest BCUT2D eigenvalue weighted by Crippen LogP contribution is -2.49. The summed E-state index contributed by atoms with van der Waals surface area (Å²) in [6.07, 6.45) is -3.48. The summed E-state index contributed by atoms with van der Waals surface area (Å²) in [6.45, 7) is 13.6. The van der Waals surface area contributed by atoms with Crippen LogP contribution in [0.2, 0.25) is 0 Å². The zero-order chi connectivity index (χ0) is 39.9. The van der Waals surface area contributed by atoms with E-state index in [1.165, 1.54) is 4.57 Å². The number of hydrogen-bond acceptors (Lipinski definition) is 8. The molecule has 4 aromatic rings. The van der Waals surface area contributed by atoms with Crippen molar-refractivity contribution in [1.82, 2.24) is 14.5 Å². The molecule has 0 bridgehead atoms. The summed E-state index contributed by atoms with van der Waals surface area (Å²) in [5, 5.41) is 11.1. The number of rotatable bonds is 11. The van der Waals surface area contributed by atoms with E-state index in [9.17, 15) is 23.1 Å². The predicted octanol–water partition coefficient (Wildman–Crippen LogP) is 7.29. The number of halogens is 3. The number of aliphatic hydroxyl groups excluding tert-OH is 1.